The predicted molar refractivity (Wildman–Crippen MR) is 70.9 cm³/mol. The fourth-order valence-corrected chi connectivity index (χ4v) is 4.36. The third kappa shape index (κ3) is 1.24. The first-order chi connectivity index (χ1) is 8.77. The normalized spacial score (nSPS) is 34.5. The Morgan fingerprint density at radius 1 is 1.39 bits per heavy atom. The second-order valence-corrected chi connectivity index (χ2v) is 6.09. The van der Waals surface area contributed by atoms with E-state index in [-0.39, 0.29) is 23.7 Å². The van der Waals surface area contributed by atoms with Gasteiger partial charge in [-0.25, -0.2) is 0 Å². The Morgan fingerprint density at radius 3 is 3.06 bits per heavy atom. The number of benzene rings is 1. The van der Waals surface area contributed by atoms with E-state index in [4.69, 9.17) is 10.5 Å². The van der Waals surface area contributed by atoms with Crippen LogP contribution in [0.25, 0.3) is 10.1 Å². The highest BCUT2D eigenvalue weighted by molar-refractivity contribution is 7.13. The van der Waals surface area contributed by atoms with Gasteiger partial charge in [-0.3, -0.25) is 8.75 Å². The lowest BCUT2D eigenvalue weighted by Crippen LogP contribution is -2.59. The first-order valence-electron chi connectivity index (χ1n) is 6.25. The third-order valence-corrected chi connectivity index (χ3v) is 5.35. The number of rotatable bonds is 1. The van der Waals surface area contributed by atoms with Gasteiger partial charge in [0.1, 0.15) is 0 Å². The molecule has 1 aromatic carbocycles. The van der Waals surface area contributed by atoms with Crippen LogP contribution in [0, 0.1) is 5.92 Å². The molecule has 4 atom stereocenters. The number of fused-ring (bicyclic) bond motifs is 2. The Labute approximate surface area is 108 Å². The minimum absolute atomic E-state index is 0.0300. The molecule has 1 aliphatic heterocycles. The van der Waals surface area contributed by atoms with Crippen LogP contribution in [0.15, 0.2) is 29.1 Å². The topological polar surface area (TPSA) is 57.2 Å². The first kappa shape index (κ1) is 10.7. The number of nitrogens with two attached hydrogens (primary N) is 1. The average molecular weight is 262 g/mol. The van der Waals surface area contributed by atoms with E-state index in [1.165, 1.54) is 11.5 Å². The molecule has 1 aliphatic carbocycles. The molecule has 94 valence electrons. The van der Waals surface area contributed by atoms with Crippen molar-refractivity contribution in [2.75, 3.05) is 6.61 Å². The summed E-state index contributed by atoms with van der Waals surface area (Å²) in [5, 5.41) is 0.788. The Morgan fingerprint density at radius 2 is 2.22 bits per heavy atom. The van der Waals surface area contributed by atoms with E-state index in [1.54, 1.807) is 0 Å². The lowest BCUT2D eigenvalue weighted by Gasteiger charge is -2.45. The van der Waals surface area contributed by atoms with Gasteiger partial charge < -0.3 is 10.5 Å². The van der Waals surface area contributed by atoms with Gasteiger partial charge in [-0.2, -0.15) is 0 Å². The second kappa shape index (κ2) is 3.66. The van der Waals surface area contributed by atoms with Gasteiger partial charge in [0, 0.05) is 18.6 Å². The van der Waals surface area contributed by atoms with Gasteiger partial charge in [0.2, 0.25) is 0 Å². The van der Waals surface area contributed by atoms with Crippen LogP contribution in [0.4, 0.5) is 0 Å². The van der Waals surface area contributed by atoms with Gasteiger partial charge in [0.25, 0.3) is 5.56 Å². The summed E-state index contributed by atoms with van der Waals surface area (Å²) in [4.78, 5) is 12.4. The molecule has 18 heavy (non-hydrogen) atoms. The van der Waals surface area contributed by atoms with Crippen LogP contribution in [0.3, 0.4) is 0 Å². The molecule has 0 bridgehead atoms. The standard InChI is InChI=1S/C13H14N2O2S/c14-10-8-5-6-17-12(8)11(10)15-13(16)7-3-1-2-4-9(7)18-15/h1-4,8,10-12H,5-6,14H2. The van der Waals surface area contributed by atoms with E-state index in [2.05, 4.69) is 0 Å². The monoisotopic (exact) mass is 262 g/mol. The zero-order chi connectivity index (χ0) is 12.3. The fourth-order valence-electron chi connectivity index (χ4n) is 3.19. The van der Waals surface area contributed by atoms with Crippen molar-refractivity contribution in [1.29, 1.82) is 0 Å². The molecule has 2 heterocycles. The quantitative estimate of drug-likeness (QED) is 0.844. The Balaban J connectivity index is 1.83. The molecule has 1 aromatic heterocycles. The number of ether oxygens (including phenoxy) is 1. The molecule has 2 aromatic rings. The summed E-state index contributed by atoms with van der Waals surface area (Å²) in [6.45, 7) is 0.777. The zero-order valence-electron chi connectivity index (χ0n) is 9.78. The van der Waals surface area contributed by atoms with Gasteiger partial charge in [0.05, 0.1) is 22.2 Å². The molecule has 0 amide bonds. The molecule has 2 aliphatic rings. The summed E-state index contributed by atoms with van der Waals surface area (Å²) in [5.41, 5.74) is 6.27. The highest BCUT2D eigenvalue weighted by Crippen LogP contribution is 2.45. The smallest absolute Gasteiger partial charge is 0.268 e. The number of hydrogen-bond acceptors (Lipinski definition) is 4. The van der Waals surface area contributed by atoms with E-state index >= 15 is 0 Å². The maximum absolute atomic E-state index is 12.4. The number of aromatic nitrogens is 1. The molecular formula is C13H14N2O2S. The van der Waals surface area contributed by atoms with Crippen LogP contribution in [0.2, 0.25) is 0 Å². The van der Waals surface area contributed by atoms with E-state index in [0.29, 0.717) is 5.92 Å². The summed E-state index contributed by atoms with van der Waals surface area (Å²) in [6, 6.07) is 7.80. The second-order valence-electron chi connectivity index (χ2n) is 5.07. The predicted octanol–water partition coefficient (Wildman–Crippen LogP) is 1.35. The molecule has 4 nitrogen and oxygen atoms in total. The minimum Gasteiger partial charge on any atom is -0.376 e. The minimum atomic E-state index is 0.0300. The number of hydrogen-bond donors (Lipinski definition) is 1. The van der Waals surface area contributed by atoms with Crippen molar-refractivity contribution in [2.24, 2.45) is 11.7 Å². The molecule has 5 heteroatoms. The van der Waals surface area contributed by atoms with Gasteiger partial charge in [0.15, 0.2) is 0 Å². The molecule has 4 unspecified atom stereocenters. The lowest BCUT2D eigenvalue weighted by molar-refractivity contribution is -0.0320. The van der Waals surface area contributed by atoms with Crippen LogP contribution in [-0.4, -0.2) is 22.7 Å². The van der Waals surface area contributed by atoms with Crippen molar-refractivity contribution in [3.8, 4) is 0 Å². The maximum atomic E-state index is 12.4. The van der Waals surface area contributed by atoms with E-state index in [1.807, 2.05) is 28.2 Å². The molecule has 1 saturated carbocycles. The summed E-state index contributed by atoms with van der Waals surface area (Å²) in [7, 11) is 0. The van der Waals surface area contributed by atoms with Crippen molar-refractivity contribution in [2.45, 2.75) is 24.6 Å². The van der Waals surface area contributed by atoms with Gasteiger partial charge in [-0.05, 0) is 18.6 Å². The van der Waals surface area contributed by atoms with Crippen molar-refractivity contribution >= 4 is 21.6 Å². The molecule has 2 fully saturated rings. The maximum Gasteiger partial charge on any atom is 0.268 e. The Hall–Kier alpha value is -1.17. The van der Waals surface area contributed by atoms with Crippen LogP contribution < -0.4 is 11.3 Å². The van der Waals surface area contributed by atoms with Gasteiger partial charge in [-0.1, -0.05) is 23.7 Å². The lowest BCUT2D eigenvalue weighted by atomic mass is 9.72. The first-order valence-corrected chi connectivity index (χ1v) is 7.02. The molecule has 1 saturated heterocycles. The zero-order valence-corrected chi connectivity index (χ0v) is 10.6. The van der Waals surface area contributed by atoms with Crippen molar-refractivity contribution in [3.63, 3.8) is 0 Å². The summed E-state index contributed by atoms with van der Waals surface area (Å²) in [6.07, 6.45) is 1.17. The average Bonchev–Trinajstić information content (AvgIpc) is 2.94. The number of nitrogens with zero attached hydrogens (tertiary/aromatic N) is 1. The molecular weight excluding hydrogens is 248 g/mol. The van der Waals surface area contributed by atoms with Gasteiger partial charge in [-0.15, -0.1) is 0 Å². The molecule has 0 radical (unpaired) electrons. The van der Waals surface area contributed by atoms with Crippen LogP contribution >= 0.6 is 11.5 Å². The van der Waals surface area contributed by atoms with Crippen molar-refractivity contribution in [1.82, 2.24) is 3.96 Å². The van der Waals surface area contributed by atoms with E-state index in [0.717, 1.165) is 23.1 Å². The summed E-state index contributed by atoms with van der Waals surface area (Å²) < 4.78 is 8.55. The van der Waals surface area contributed by atoms with Crippen LogP contribution in [0.5, 0.6) is 0 Å². The van der Waals surface area contributed by atoms with Crippen molar-refractivity contribution in [3.05, 3.63) is 34.6 Å². The van der Waals surface area contributed by atoms with Crippen molar-refractivity contribution < 1.29 is 4.74 Å². The van der Waals surface area contributed by atoms with Crippen LogP contribution in [0.1, 0.15) is 12.5 Å². The summed E-state index contributed by atoms with van der Waals surface area (Å²) >= 11 is 1.50. The highest BCUT2D eigenvalue weighted by atomic mass is 32.1. The van der Waals surface area contributed by atoms with Crippen LogP contribution in [-0.2, 0) is 4.74 Å². The third-order valence-electron chi connectivity index (χ3n) is 4.19. The SMILES string of the molecule is NC1C2CCOC2C1n1sc2ccccc2c1=O. The van der Waals surface area contributed by atoms with E-state index in [9.17, 15) is 4.79 Å². The van der Waals surface area contributed by atoms with Gasteiger partial charge >= 0.3 is 0 Å². The Kier molecular flexibility index (Phi) is 2.18. The summed E-state index contributed by atoms with van der Waals surface area (Å²) in [5.74, 6) is 0.437. The molecule has 2 N–H and O–H groups in total. The van der Waals surface area contributed by atoms with E-state index < -0.39 is 0 Å². The molecule has 4 rings (SSSR count). The molecule has 0 spiro atoms. The fraction of sp³-hybridized carbons (Fsp3) is 0.462. The largest absolute Gasteiger partial charge is 0.376 e. The highest BCUT2D eigenvalue weighted by Gasteiger charge is 2.53. The Bertz CT molecular complexity index is 662.